The van der Waals surface area contributed by atoms with Gasteiger partial charge in [0.15, 0.2) is 5.96 Å². The molecular weight excluding hydrogens is 470 g/mol. The zero-order valence-corrected chi connectivity index (χ0v) is 17.5. The first-order valence-corrected chi connectivity index (χ1v) is 8.52. The van der Waals surface area contributed by atoms with Crippen LogP contribution < -0.4 is 10.6 Å². The summed E-state index contributed by atoms with van der Waals surface area (Å²) in [6.45, 7) is 3.53. The molecule has 0 amide bonds. The number of aliphatic imine (C=N–C) groups is 1. The van der Waals surface area contributed by atoms with Crippen LogP contribution in [0.3, 0.4) is 0 Å². The van der Waals surface area contributed by atoms with Gasteiger partial charge < -0.3 is 15.7 Å². The predicted octanol–water partition coefficient (Wildman–Crippen LogP) is 3.32. The van der Waals surface area contributed by atoms with Crippen molar-refractivity contribution in [2.75, 3.05) is 19.6 Å². The molecule has 0 saturated carbocycles. The highest BCUT2D eigenvalue weighted by atomic mass is 127. The number of guanidine groups is 1. The van der Waals surface area contributed by atoms with Crippen molar-refractivity contribution >= 4 is 41.5 Å². The lowest BCUT2D eigenvalue weighted by Crippen LogP contribution is -2.38. The van der Waals surface area contributed by atoms with E-state index in [0.717, 1.165) is 12.0 Å². The molecule has 2 rings (SSSR count). The third-order valence-electron chi connectivity index (χ3n) is 3.52. The van der Waals surface area contributed by atoms with E-state index in [-0.39, 0.29) is 36.3 Å². The smallest absolute Gasteiger partial charge is 0.191 e. The molecule has 142 valence electrons. The van der Waals surface area contributed by atoms with Crippen molar-refractivity contribution in [3.05, 3.63) is 64.7 Å². The van der Waals surface area contributed by atoms with Crippen LogP contribution >= 0.6 is 35.6 Å². The fourth-order valence-corrected chi connectivity index (χ4v) is 2.30. The summed E-state index contributed by atoms with van der Waals surface area (Å²) in [6.07, 6.45) is 1.73. The van der Waals surface area contributed by atoms with Crippen LogP contribution in [0.1, 0.15) is 24.2 Å². The lowest BCUT2D eigenvalue weighted by Gasteiger charge is -2.13. The molecule has 8 heteroatoms. The number of nitrogens with one attached hydrogen (secondary N) is 2. The van der Waals surface area contributed by atoms with Gasteiger partial charge in [0.25, 0.3) is 0 Å². The van der Waals surface area contributed by atoms with Gasteiger partial charge in [0.05, 0.1) is 12.6 Å². The Bertz CT molecular complexity index is 683. The molecule has 0 fully saturated rings. The van der Waals surface area contributed by atoms with Gasteiger partial charge in [0.2, 0.25) is 0 Å². The fraction of sp³-hybridized carbons (Fsp3) is 0.333. The summed E-state index contributed by atoms with van der Waals surface area (Å²) in [7, 11) is 0. The molecule has 3 N–H and O–H groups in total. The summed E-state index contributed by atoms with van der Waals surface area (Å²) in [4.78, 5) is 8.42. The number of aromatic nitrogens is 1. The van der Waals surface area contributed by atoms with Gasteiger partial charge in [-0.2, -0.15) is 0 Å². The standard InChI is InChI=1S/C18H22ClFN4O.HI/c1-2-21-18(22-10-9-13-3-8-17(19)23-11-13)24-12-16(25)14-4-6-15(20)7-5-14;/h3-8,11,16,25H,2,9-10,12H2,1H3,(H2,21,22,24);1H. The Balaban J connectivity index is 0.00000338. The number of aliphatic hydroxyl groups is 1. The average Bonchev–Trinajstić information content (AvgIpc) is 2.61. The second kappa shape index (κ2) is 12.0. The summed E-state index contributed by atoms with van der Waals surface area (Å²) < 4.78 is 12.9. The normalized spacial score (nSPS) is 12.2. The first kappa shape index (κ1) is 22.6. The number of hydrogen-bond acceptors (Lipinski definition) is 3. The molecule has 2 aromatic rings. The van der Waals surface area contributed by atoms with E-state index in [1.54, 1.807) is 24.4 Å². The maximum Gasteiger partial charge on any atom is 0.191 e. The van der Waals surface area contributed by atoms with E-state index < -0.39 is 6.10 Å². The van der Waals surface area contributed by atoms with Crippen molar-refractivity contribution in [3.63, 3.8) is 0 Å². The Morgan fingerprint density at radius 1 is 1.23 bits per heavy atom. The third kappa shape index (κ3) is 7.84. The Hall–Kier alpha value is -1.45. The maximum absolute atomic E-state index is 12.9. The molecule has 0 bridgehead atoms. The van der Waals surface area contributed by atoms with Crippen LogP contribution in [0.4, 0.5) is 4.39 Å². The number of hydrogen-bond donors (Lipinski definition) is 3. The van der Waals surface area contributed by atoms with Crippen LogP contribution in [-0.2, 0) is 6.42 Å². The summed E-state index contributed by atoms with van der Waals surface area (Å²) in [5.41, 5.74) is 1.70. The number of pyridine rings is 1. The van der Waals surface area contributed by atoms with Crippen LogP contribution in [0, 0.1) is 5.82 Å². The average molecular weight is 493 g/mol. The van der Waals surface area contributed by atoms with E-state index in [0.29, 0.717) is 29.8 Å². The van der Waals surface area contributed by atoms with Crippen molar-refractivity contribution in [2.24, 2.45) is 4.99 Å². The molecule has 5 nitrogen and oxygen atoms in total. The molecule has 0 spiro atoms. The minimum atomic E-state index is -0.781. The van der Waals surface area contributed by atoms with Crippen molar-refractivity contribution in [3.8, 4) is 0 Å². The van der Waals surface area contributed by atoms with E-state index >= 15 is 0 Å². The zero-order valence-electron chi connectivity index (χ0n) is 14.5. The molecule has 0 aliphatic heterocycles. The van der Waals surface area contributed by atoms with E-state index in [2.05, 4.69) is 20.6 Å². The van der Waals surface area contributed by atoms with Crippen LogP contribution in [0.5, 0.6) is 0 Å². The van der Waals surface area contributed by atoms with Gasteiger partial charge >= 0.3 is 0 Å². The Morgan fingerprint density at radius 2 is 1.96 bits per heavy atom. The first-order chi connectivity index (χ1) is 12.1. The lowest BCUT2D eigenvalue weighted by atomic mass is 10.1. The van der Waals surface area contributed by atoms with Gasteiger partial charge in [0.1, 0.15) is 11.0 Å². The van der Waals surface area contributed by atoms with Crippen LogP contribution in [0.25, 0.3) is 0 Å². The monoisotopic (exact) mass is 492 g/mol. The second-order valence-corrected chi connectivity index (χ2v) is 5.84. The molecule has 0 aliphatic rings. The first-order valence-electron chi connectivity index (χ1n) is 8.14. The van der Waals surface area contributed by atoms with E-state index in [1.165, 1.54) is 12.1 Å². The number of nitrogens with zero attached hydrogens (tertiary/aromatic N) is 2. The number of halogens is 3. The summed E-state index contributed by atoms with van der Waals surface area (Å²) in [6, 6.07) is 9.46. The highest BCUT2D eigenvalue weighted by Crippen LogP contribution is 2.13. The van der Waals surface area contributed by atoms with E-state index in [9.17, 15) is 9.50 Å². The van der Waals surface area contributed by atoms with Crippen molar-refractivity contribution in [1.82, 2.24) is 15.6 Å². The third-order valence-corrected chi connectivity index (χ3v) is 3.74. The topological polar surface area (TPSA) is 69.5 Å². The van der Waals surface area contributed by atoms with Gasteiger partial charge in [-0.1, -0.05) is 29.8 Å². The molecule has 0 aliphatic carbocycles. The minimum Gasteiger partial charge on any atom is -0.386 e. The molecular formula is C18H23ClFIN4O. The summed E-state index contributed by atoms with van der Waals surface area (Å²) >= 11 is 5.77. The van der Waals surface area contributed by atoms with Gasteiger partial charge in [-0.3, -0.25) is 4.99 Å². The van der Waals surface area contributed by atoms with Crippen molar-refractivity contribution in [1.29, 1.82) is 0 Å². The second-order valence-electron chi connectivity index (χ2n) is 5.45. The quantitative estimate of drug-likeness (QED) is 0.240. The van der Waals surface area contributed by atoms with Gasteiger partial charge in [0, 0.05) is 19.3 Å². The highest BCUT2D eigenvalue weighted by Gasteiger charge is 2.07. The van der Waals surface area contributed by atoms with E-state index in [1.807, 2.05) is 13.0 Å². The van der Waals surface area contributed by atoms with Gasteiger partial charge in [-0.15, -0.1) is 24.0 Å². The van der Waals surface area contributed by atoms with Crippen molar-refractivity contribution in [2.45, 2.75) is 19.4 Å². The molecule has 1 atom stereocenters. The van der Waals surface area contributed by atoms with Gasteiger partial charge in [-0.05, 0) is 42.7 Å². The highest BCUT2D eigenvalue weighted by molar-refractivity contribution is 14.0. The summed E-state index contributed by atoms with van der Waals surface area (Å²) in [5, 5.41) is 17.0. The fourth-order valence-electron chi connectivity index (χ4n) is 2.19. The SMILES string of the molecule is CCNC(=NCC(O)c1ccc(F)cc1)NCCc1ccc(Cl)nc1.I. The predicted molar refractivity (Wildman–Crippen MR) is 114 cm³/mol. The molecule has 1 unspecified atom stereocenters. The van der Waals surface area contributed by atoms with Gasteiger partial charge in [-0.25, -0.2) is 9.37 Å². The van der Waals surface area contributed by atoms with Crippen LogP contribution in [0.15, 0.2) is 47.6 Å². The molecule has 1 heterocycles. The number of rotatable bonds is 7. The molecule has 0 saturated heterocycles. The van der Waals surface area contributed by atoms with Crippen LogP contribution in [-0.4, -0.2) is 35.7 Å². The Morgan fingerprint density at radius 3 is 2.58 bits per heavy atom. The number of aliphatic hydroxyl groups excluding tert-OH is 1. The molecule has 0 radical (unpaired) electrons. The minimum absolute atomic E-state index is 0. The lowest BCUT2D eigenvalue weighted by molar-refractivity contribution is 0.187. The maximum atomic E-state index is 12.9. The molecule has 1 aromatic carbocycles. The van der Waals surface area contributed by atoms with Crippen LogP contribution in [0.2, 0.25) is 5.15 Å². The largest absolute Gasteiger partial charge is 0.386 e. The zero-order chi connectivity index (χ0) is 18.1. The molecule has 1 aromatic heterocycles. The molecule has 26 heavy (non-hydrogen) atoms. The Kier molecular flexibility index (Phi) is 10.5. The van der Waals surface area contributed by atoms with Crippen molar-refractivity contribution < 1.29 is 9.50 Å². The number of benzene rings is 1. The summed E-state index contributed by atoms with van der Waals surface area (Å²) in [5.74, 6) is 0.289. The Labute approximate surface area is 175 Å². The van der Waals surface area contributed by atoms with E-state index in [4.69, 9.17) is 11.6 Å².